The van der Waals surface area contributed by atoms with Crippen molar-refractivity contribution in [2.75, 3.05) is 0 Å². The molecular weight excluding hydrogens is 370 g/mol. The number of aryl methyl sites for hydroxylation is 1. The van der Waals surface area contributed by atoms with Crippen LogP contribution in [0.15, 0.2) is 72.8 Å². The van der Waals surface area contributed by atoms with Gasteiger partial charge in [-0.05, 0) is 30.7 Å². The quantitative estimate of drug-likeness (QED) is 0.281. The number of nitrogens with zero attached hydrogens (tertiary/aromatic N) is 1. The van der Waals surface area contributed by atoms with Gasteiger partial charge in [-0.15, -0.1) is 0 Å². The molecule has 0 atom stereocenters. The van der Waals surface area contributed by atoms with E-state index in [1.54, 1.807) is 0 Å². The van der Waals surface area contributed by atoms with Crippen molar-refractivity contribution < 1.29 is 9.15 Å². The van der Waals surface area contributed by atoms with Gasteiger partial charge < -0.3 is 4.58 Å². The lowest BCUT2D eigenvalue weighted by Gasteiger charge is -2.11. The first kappa shape index (κ1) is 17.2. The Kier molecular flexibility index (Phi) is 5.26. The van der Waals surface area contributed by atoms with Gasteiger partial charge in [0, 0.05) is 16.3 Å². The van der Waals surface area contributed by atoms with Crippen molar-refractivity contribution >= 4 is 48.1 Å². The van der Waals surface area contributed by atoms with E-state index in [-0.39, 0.29) is 0 Å². The van der Waals surface area contributed by atoms with Crippen LogP contribution in [0.2, 0.25) is 0 Å². The minimum Gasteiger partial charge on any atom is -0.425 e. The normalized spacial score (nSPS) is 12.7. The van der Waals surface area contributed by atoms with E-state index in [4.69, 9.17) is 4.98 Å². The Morgan fingerprint density at radius 2 is 1.54 bits per heavy atom. The van der Waals surface area contributed by atoms with E-state index >= 15 is 0 Å². The van der Waals surface area contributed by atoms with Gasteiger partial charge in [0.25, 0.3) is 0 Å². The van der Waals surface area contributed by atoms with Crippen molar-refractivity contribution in [3.05, 3.63) is 78.4 Å². The van der Waals surface area contributed by atoms with Gasteiger partial charge in [0.05, 0.1) is 19.2 Å². The van der Waals surface area contributed by atoms with Crippen molar-refractivity contribution in [2.24, 2.45) is 0 Å². The zero-order chi connectivity index (χ0) is 17.8. The fourth-order valence-corrected chi connectivity index (χ4v) is 5.73. The first-order valence-electron chi connectivity index (χ1n) is 8.25. The van der Waals surface area contributed by atoms with Crippen LogP contribution in [0.4, 0.5) is 0 Å². The highest BCUT2D eigenvalue weighted by atomic mass is 29.4. The van der Waals surface area contributed by atoms with E-state index < -0.39 is 0 Å². The number of benzene rings is 3. The Hall–Kier alpha value is -2.26. The molecular formula is C20H15NO2Si3. The summed E-state index contributed by atoms with van der Waals surface area (Å²) in [5.74, 6) is 0. The number of aromatic nitrogens is 1. The monoisotopic (exact) mass is 385 g/mol. The maximum Gasteiger partial charge on any atom is 0.301 e. The maximum atomic E-state index is 4.80. The molecule has 0 bridgehead atoms. The number of para-hydroxylation sites is 1. The molecule has 6 heteroatoms. The smallest absolute Gasteiger partial charge is 0.301 e. The molecule has 1 aliphatic rings. The maximum absolute atomic E-state index is 4.80. The summed E-state index contributed by atoms with van der Waals surface area (Å²) in [7, 11) is 2.17. The molecule has 3 aromatic carbocycles. The van der Waals surface area contributed by atoms with Gasteiger partial charge in [0.1, 0.15) is 0 Å². The number of hydrogen-bond donors (Lipinski definition) is 0. The second-order valence-corrected chi connectivity index (χ2v) is 11.1. The van der Waals surface area contributed by atoms with Gasteiger partial charge in [-0.25, -0.2) is 4.98 Å². The molecule has 5 rings (SSSR count). The molecule has 3 nitrogen and oxygen atoms in total. The van der Waals surface area contributed by atoms with Gasteiger partial charge in [0.2, 0.25) is 0 Å². The molecule has 124 valence electrons. The van der Waals surface area contributed by atoms with Crippen LogP contribution in [0.5, 0.6) is 0 Å². The summed E-state index contributed by atoms with van der Waals surface area (Å²) in [6, 6.07) is 25.4. The number of hydrogen-bond acceptors (Lipinski definition) is 3. The summed E-state index contributed by atoms with van der Waals surface area (Å²) in [6.45, 7) is 2.13. The van der Waals surface area contributed by atoms with Gasteiger partial charge in [-0.2, -0.15) is 0 Å². The Labute approximate surface area is 158 Å². The fraction of sp³-hybridized carbons (Fsp3) is 0.0500. The van der Waals surface area contributed by atoms with E-state index in [0.717, 1.165) is 19.2 Å². The largest absolute Gasteiger partial charge is 0.425 e. The molecule has 0 spiro atoms. The van der Waals surface area contributed by atoms with Crippen LogP contribution in [-0.2, 0) is 9.15 Å². The second kappa shape index (κ2) is 7.96. The van der Waals surface area contributed by atoms with Crippen molar-refractivity contribution in [1.82, 2.24) is 4.98 Å². The summed E-state index contributed by atoms with van der Waals surface area (Å²) < 4.78 is 8.99. The molecule has 26 heavy (non-hydrogen) atoms. The van der Waals surface area contributed by atoms with Crippen molar-refractivity contribution in [3.8, 4) is 11.1 Å². The molecule has 0 saturated heterocycles. The second-order valence-electron chi connectivity index (χ2n) is 5.89. The van der Waals surface area contributed by atoms with Gasteiger partial charge in [0.15, 0.2) is 0 Å². The third-order valence-corrected chi connectivity index (χ3v) is 7.78. The van der Waals surface area contributed by atoms with E-state index in [9.17, 15) is 0 Å². The van der Waals surface area contributed by atoms with Crippen LogP contribution in [0.3, 0.4) is 0 Å². The highest BCUT2D eigenvalue weighted by molar-refractivity contribution is 7.08. The number of rotatable bonds is 1. The number of pyridine rings is 1. The minimum absolute atomic E-state index is 0.627. The highest BCUT2D eigenvalue weighted by Gasteiger charge is 2.10. The predicted octanol–water partition coefficient (Wildman–Crippen LogP) is 4.08. The SMILES string of the molecule is Cc1ccc2nc3ccccc3c(-c3ccccc3)c2c1.O1O[Si]=[Si][Si]1. The third kappa shape index (κ3) is 3.63. The van der Waals surface area contributed by atoms with Crippen LogP contribution >= 0.6 is 0 Å². The molecule has 4 aromatic rings. The molecule has 4 radical (unpaired) electrons. The van der Waals surface area contributed by atoms with Crippen molar-refractivity contribution in [2.45, 2.75) is 6.92 Å². The highest BCUT2D eigenvalue weighted by Crippen LogP contribution is 2.34. The molecule has 2 heterocycles. The average molecular weight is 386 g/mol. The van der Waals surface area contributed by atoms with Crippen LogP contribution in [0, 0.1) is 6.92 Å². The summed E-state index contributed by atoms with van der Waals surface area (Å²) in [6.07, 6.45) is 0. The molecule has 1 aliphatic heterocycles. The van der Waals surface area contributed by atoms with Gasteiger partial charge in [-0.3, -0.25) is 4.58 Å². The van der Waals surface area contributed by atoms with Crippen LogP contribution in [-0.4, -0.2) is 31.3 Å². The fourth-order valence-electron chi connectivity index (χ4n) is 3.03. The lowest BCUT2D eigenvalue weighted by atomic mass is 9.95. The molecule has 0 saturated carbocycles. The lowest BCUT2D eigenvalue weighted by Crippen LogP contribution is -1.89. The molecule has 0 unspecified atom stereocenters. The Balaban J connectivity index is 0.000000292. The summed E-state index contributed by atoms with van der Waals surface area (Å²) in [5.41, 5.74) is 5.88. The van der Waals surface area contributed by atoms with Crippen LogP contribution in [0.25, 0.3) is 32.9 Å². The summed E-state index contributed by atoms with van der Waals surface area (Å²) >= 11 is 0. The number of fused-ring (bicyclic) bond motifs is 2. The summed E-state index contributed by atoms with van der Waals surface area (Å²) in [4.78, 5) is 4.80. The zero-order valence-electron chi connectivity index (χ0n) is 14.2. The van der Waals surface area contributed by atoms with E-state index in [0.29, 0.717) is 18.1 Å². The Morgan fingerprint density at radius 1 is 0.769 bits per heavy atom. The average Bonchev–Trinajstić information content (AvgIpc) is 3.27. The van der Waals surface area contributed by atoms with Crippen molar-refractivity contribution in [3.63, 3.8) is 0 Å². The zero-order valence-corrected chi connectivity index (χ0v) is 17.2. The molecule has 0 N–H and O–H groups in total. The van der Waals surface area contributed by atoms with Gasteiger partial charge >= 0.3 is 18.1 Å². The molecule has 0 amide bonds. The van der Waals surface area contributed by atoms with Gasteiger partial charge in [-0.1, -0.05) is 60.2 Å². The van der Waals surface area contributed by atoms with Crippen molar-refractivity contribution in [1.29, 1.82) is 0 Å². The summed E-state index contributed by atoms with van der Waals surface area (Å²) in [5, 5.41) is 2.43. The Morgan fingerprint density at radius 3 is 2.27 bits per heavy atom. The first-order chi connectivity index (χ1) is 12.8. The molecule has 1 aromatic heterocycles. The standard InChI is InChI=1S/C20H15N.O2Si3/c1-14-11-12-19-17(13-14)20(15-7-3-2-4-8-15)16-9-5-6-10-18(16)21-19;1-2-4-5-3-1/h2-13H,1H3;. The topological polar surface area (TPSA) is 31.4 Å². The molecule has 0 aliphatic carbocycles. The van der Waals surface area contributed by atoms with Crippen LogP contribution in [0.1, 0.15) is 5.56 Å². The first-order valence-corrected chi connectivity index (χ1v) is 13.1. The van der Waals surface area contributed by atoms with Crippen LogP contribution < -0.4 is 0 Å². The lowest BCUT2D eigenvalue weighted by molar-refractivity contribution is -0.0861. The minimum atomic E-state index is 0.627. The third-order valence-electron chi connectivity index (χ3n) is 4.13. The van der Waals surface area contributed by atoms with E-state index in [2.05, 4.69) is 82.8 Å². The van der Waals surface area contributed by atoms with E-state index in [1.807, 2.05) is 6.07 Å². The Bertz CT molecular complexity index is 1080. The molecule has 0 fully saturated rings. The van der Waals surface area contributed by atoms with E-state index in [1.165, 1.54) is 27.5 Å². The predicted molar refractivity (Wildman–Crippen MR) is 109 cm³/mol.